The van der Waals surface area contributed by atoms with E-state index in [0.717, 1.165) is 6.54 Å². The fourth-order valence-electron chi connectivity index (χ4n) is 3.01. The minimum Gasteiger partial charge on any atom is -0.378 e. The number of morpholine rings is 1. The van der Waals surface area contributed by atoms with Crippen molar-refractivity contribution in [2.24, 2.45) is 5.73 Å². The van der Waals surface area contributed by atoms with E-state index in [9.17, 15) is 9.59 Å². The minimum absolute atomic E-state index is 0.0442. The average Bonchev–Trinajstić information content (AvgIpc) is 2.98. The lowest BCUT2D eigenvalue weighted by Gasteiger charge is -2.32. The molecule has 3 N–H and O–H groups in total. The van der Waals surface area contributed by atoms with Crippen LogP contribution in [0.2, 0.25) is 0 Å². The number of hydrogen-bond acceptors (Lipinski definition) is 5. The fourth-order valence-corrected chi connectivity index (χ4v) is 3.01. The molecule has 1 aromatic heterocycles. The number of carbonyl (C=O) groups excluding carboxylic acids is 2. The van der Waals surface area contributed by atoms with Crippen molar-refractivity contribution in [2.75, 3.05) is 26.3 Å². The van der Waals surface area contributed by atoms with Gasteiger partial charge >= 0.3 is 0 Å². The predicted molar refractivity (Wildman–Crippen MR) is 82.6 cm³/mol. The first-order valence-electron chi connectivity index (χ1n) is 7.70. The first-order chi connectivity index (χ1) is 11.1. The molecular formula is C15H21N5O3. The highest BCUT2D eigenvalue weighted by atomic mass is 16.5. The van der Waals surface area contributed by atoms with Gasteiger partial charge in [-0.25, -0.2) is 4.98 Å². The van der Waals surface area contributed by atoms with E-state index in [-0.39, 0.29) is 18.0 Å². The number of hydrogen-bond donors (Lipinski definition) is 2. The molecule has 0 aliphatic carbocycles. The topological polar surface area (TPSA) is 102 Å². The van der Waals surface area contributed by atoms with Crippen LogP contribution in [-0.2, 0) is 16.1 Å². The Hall–Kier alpha value is -2.19. The van der Waals surface area contributed by atoms with Gasteiger partial charge < -0.3 is 25.3 Å². The van der Waals surface area contributed by atoms with Gasteiger partial charge in [0.1, 0.15) is 11.5 Å². The van der Waals surface area contributed by atoms with Crippen molar-refractivity contribution >= 4 is 11.8 Å². The van der Waals surface area contributed by atoms with Crippen LogP contribution in [0, 0.1) is 0 Å². The number of imidazole rings is 1. The predicted octanol–water partition coefficient (Wildman–Crippen LogP) is -0.570. The number of ether oxygens (including phenoxy) is 1. The van der Waals surface area contributed by atoms with Crippen LogP contribution >= 0.6 is 0 Å². The second-order valence-corrected chi connectivity index (χ2v) is 5.86. The third-order valence-electron chi connectivity index (χ3n) is 4.12. The number of rotatable bonds is 3. The van der Waals surface area contributed by atoms with Gasteiger partial charge in [0.2, 0.25) is 5.91 Å². The lowest BCUT2D eigenvalue weighted by molar-refractivity contribution is -0.128. The largest absolute Gasteiger partial charge is 0.378 e. The van der Waals surface area contributed by atoms with Gasteiger partial charge in [0.05, 0.1) is 32.0 Å². The summed E-state index contributed by atoms with van der Waals surface area (Å²) in [6.07, 6.45) is 4.88. The van der Waals surface area contributed by atoms with Crippen LogP contribution in [-0.4, -0.2) is 58.6 Å². The number of carbonyl (C=O) groups is 2. The zero-order chi connectivity index (χ0) is 16.4. The SMILES string of the molecule is C[C@@H]1CN(C(=O)/C=C/[C@@H]2COCCN2)Cc2ncc(C(N)=O)n21. The summed E-state index contributed by atoms with van der Waals surface area (Å²) < 4.78 is 7.16. The van der Waals surface area contributed by atoms with Crippen molar-refractivity contribution in [3.05, 3.63) is 29.9 Å². The number of nitrogens with two attached hydrogens (primary N) is 1. The van der Waals surface area contributed by atoms with Crippen LogP contribution in [0.25, 0.3) is 0 Å². The lowest BCUT2D eigenvalue weighted by atomic mass is 10.2. The van der Waals surface area contributed by atoms with E-state index >= 15 is 0 Å². The van der Waals surface area contributed by atoms with Crippen molar-refractivity contribution in [2.45, 2.75) is 25.6 Å². The fraction of sp³-hybridized carbons (Fsp3) is 0.533. The second-order valence-electron chi connectivity index (χ2n) is 5.86. The summed E-state index contributed by atoms with van der Waals surface area (Å²) in [5.74, 6) is 0.108. The molecule has 1 saturated heterocycles. The molecule has 1 fully saturated rings. The van der Waals surface area contributed by atoms with Gasteiger partial charge in [-0.05, 0) is 6.92 Å². The van der Waals surface area contributed by atoms with Crippen LogP contribution < -0.4 is 11.1 Å². The third kappa shape index (κ3) is 3.27. The van der Waals surface area contributed by atoms with E-state index < -0.39 is 5.91 Å². The molecule has 3 heterocycles. The second kappa shape index (κ2) is 6.51. The molecule has 23 heavy (non-hydrogen) atoms. The van der Waals surface area contributed by atoms with E-state index in [1.165, 1.54) is 6.20 Å². The van der Waals surface area contributed by atoms with Crippen molar-refractivity contribution in [3.63, 3.8) is 0 Å². The van der Waals surface area contributed by atoms with E-state index in [0.29, 0.717) is 37.8 Å². The van der Waals surface area contributed by atoms with E-state index in [2.05, 4.69) is 10.3 Å². The van der Waals surface area contributed by atoms with Gasteiger partial charge in [-0.3, -0.25) is 9.59 Å². The smallest absolute Gasteiger partial charge is 0.266 e. The van der Waals surface area contributed by atoms with Crippen LogP contribution in [0.5, 0.6) is 0 Å². The molecule has 1 aromatic rings. The third-order valence-corrected chi connectivity index (χ3v) is 4.12. The average molecular weight is 319 g/mol. The highest BCUT2D eigenvalue weighted by Gasteiger charge is 2.28. The van der Waals surface area contributed by atoms with Crippen molar-refractivity contribution in [1.82, 2.24) is 19.8 Å². The molecular weight excluding hydrogens is 298 g/mol. The van der Waals surface area contributed by atoms with Gasteiger partial charge in [0, 0.05) is 25.2 Å². The van der Waals surface area contributed by atoms with E-state index in [1.807, 2.05) is 17.6 Å². The van der Waals surface area contributed by atoms with Crippen molar-refractivity contribution in [1.29, 1.82) is 0 Å². The standard InChI is InChI=1S/C15H21N5O3/c1-10-7-19(8-13-18-6-12(15(16)22)20(10)13)14(21)3-2-11-9-23-5-4-17-11/h2-3,6,10-11,17H,4-5,7-9H2,1H3,(H2,16,22)/b3-2+/t10-,11-/m1/s1. The molecule has 124 valence electrons. The number of primary amides is 1. The zero-order valence-corrected chi connectivity index (χ0v) is 13.1. The molecule has 0 bridgehead atoms. The number of amides is 2. The molecule has 2 amide bonds. The highest BCUT2D eigenvalue weighted by Crippen LogP contribution is 2.22. The lowest BCUT2D eigenvalue weighted by Crippen LogP contribution is -2.42. The molecule has 8 heteroatoms. The maximum atomic E-state index is 12.4. The Bertz CT molecular complexity index is 633. The number of fused-ring (bicyclic) bond motifs is 1. The molecule has 0 aromatic carbocycles. The summed E-state index contributed by atoms with van der Waals surface area (Å²) in [6, 6.07) is 0.0237. The first-order valence-corrected chi connectivity index (χ1v) is 7.70. The minimum atomic E-state index is -0.501. The molecule has 0 spiro atoms. The number of nitrogens with zero attached hydrogens (tertiary/aromatic N) is 3. The molecule has 2 aliphatic heterocycles. The Morgan fingerprint density at radius 1 is 1.52 bits per heavy atom. The summed E-state index contributed by atoms with van der Waals surface area (Å²) in [5, 5.41) is 3.27. The Balaban J connectivity index is 1.68. The summed E-state index contributed by atoms with van der Waals surface area (Å²) in [6.45, 7) is 4.89. The monoisotopic (exact) mass is 319 g/mol. The quantitative estimate of drug-likeness (QED) is 0.726. The maximum absolute atomic E-state index is 12.4. The van der Waals surface area contributed by atoms with Crippen LogP contribution in [0.15, 0.2) is 18.3 Å². The molecule has 0 saturated carbocycles. The zero-order valence-electron chi connectivity index (χ0n) is 13.1. The number of aromatic nitrogens is 2. The van der Waals surface area contributed by atoms with Crippen molar-refractivity contribution in [3.8, 4) is 0 Å². The Kier molecular flexibility index (Phi) is 4.44. The summed E-state index contributed by atoms with van der Waals surface area (Å²) in [5.41, 5.74) is 5.75. The molecule has 3 rings (SSSR count). The van der Waals surface area contributed by atoms with E-state index in [1.54, 1.807) is 11.0 Å². The molecule has 2 atom stereocenters. The van der Waals surface area contributed by atoms with Gasteiger partial charge in [0.25, 0.3) is 5.91 Å². The van der Waals surface area contributed by atoms with Gasteiger partial charge in [-0.1, -0.05) is 6.08 Å². The van der Waals surface area contributed by atoms with Crippen LogP contribution in [0.4, 0.5) is 0 Å². The molecule has 8 nitrogen and oxygen atoms in total. The Morgan fingerprint density at radius 2 is 2.35 bits per heavy atom. The van der Waals surface area contributed by atoms with Gasteiger partial charge in [0.15, 0.2) is 0 Å². The Morgan fingerprint density at radius 3 is 3.04 bits per heavy atom. The molecule has 0 radical (unpaired) electrons. The van der Waals surface area contributed by atoms with Gasteiger partial charge in [-0.2, -0.15) is 0 Å². The van der Waals surface area contributed by atoms with Crippen LogP contribution in [0.1, 0.15) is 29.3 Å². The summed E-state index contributed by atoms with van der Waals surface area (Å²) in [7, 11) is 0. The van der Waals surface area contributed by atoms with E-state index in [4.69, 9.17) is 10.5 Å². The maximum Gasteiger partial charge on any atom is 0.266 e. The Labute approximate surface area is 134 Å². The summed E-state index contributed by atoms with van der Waals surface area (Å²) >= 11 is 0. The first kappa shape index (κ1) is 15.7. The number of nitrogens with one attached hydrogen (secondary N) is 1. The van der Waals surface area contributed by atoms with Gasteiger partial charge in [-0.15, -0.1) is 0 Å². The summed E-state index contributed by atoms with van der Waals surface area (Å²) in [4.78, 5) is 29.7. The molecule has 2 aliphatic rings. The highest BCUT2D eigenvalue weighted by molar-refractivity contribution is 5.91. The normalized spacial score (nSPS) is 24.7. The van der Waals surface area contributed by atoms with Crippen LogP contribution in [0.3, 0.4) is 0 Å². The van der Waals surface area contributed by atoms with Crippen molar-refractivity contribution < 1.29 is 14.3 Å². The molecule has 0 unspecified atom stereocenters.